The lowest BCUT2D eigenvalue weighted by atomic mass is 10.0. The van der Waals surface area contributed by atoms with Crippen molar-refractivity contribution in [3.8, 4) is 0 Å². The Bertz CT molecular complexity index is 830. The zero-order chi connectivity index (χ0) is 21.7. The van der Waals surface area contributed by atoms with E-state index >= 15 is 0 Å². The molecule has 0 aliphatic rings. The van der Waals surface area contributed by atoms with Crippen molar-refractivity contribution in [2.24, 2.45) is 0 Å². The van der Waals surface area contributed by atoms with E-state index in [1.807, 2.05) is 43.3 Å². The molecule has 0 unspecified atom stereocenters. The molecule has 166 valence electrons. The van der Waals surface area contributed by atoms with Gasteiger partial charge in [-0.15, -0.1) is 0 Å². The Labute approximate surface area is 188 Å². The van der Waals surface area contributed by atoms with Crippen molar-refractivity contribution >= 4 is 22.2 Å². The molecule has 5 heteroatoms. The molecular weight excluding hydrogens is 412 g/mol. The van der Waals surface area contributed by atoms with Crippen molar-refractivity contribution in [3.05, 3.63) is 59.7 Å². The maximum atomic E-state index is 12.7. The van der Waals surface area contributed by atoms with Crippen LogP contribution in [0, 0.1) is 6.92 Å². The van der Waals surface area contributed by atoms with Crippen LogP contribution in [0.15, 0.2) is 58.3 Å². The molecule has 3 nitrogen and oxygen atoms in total. The fraction of sp³-hybridized carbons (Fsp3) is 0.520. The van der Waals surface area contributed by atoms with Gasteiger partial charge in [-0.05, 0) is 43.5 Å². The zero-order valence-electron chi connectivity index (χ0n) is 18.4. The summed E-state index contributed by atoms with van der Waals surface area (Å²) in [5.74, 6) is 0. The molecule has 0 aliphatic heterocycles. The molecular formula is C25H36O3S2. The fourth-order valence-electron chi connectivity index (χ4n) is 3.47. The van der Waals surface area contributed by atoms with E-state index in [1.54, 1.807) is 12.1 Å². The van der Waals surface area contributed by atoms with Crippen molar-refractivity contribution in [2.75, 3.05) is 0 Å². The minimum Gasteiger partial charge on any atom is -0.193 e. The van der Waals surface area contributed by atoms with Gasteiger partial charge in [-0.3, -0.25) is 0 Å². The van der Waals surface area contributed by atoms with Crippen molar-refractivity contribution in [1.29, 1.82) is 0 Å². The van der Waals surface area contributed by atoms with E-state index in [9.17, 15) is 8.42 Å². The highest BCUT2D eigenvalue weighted by Crippen LogP contribution is 2.28. The van der Waals surface area contributed by atoms with E-state index in [4.69, 9.17) is 3.63 Å². The van der Waals surface area contributed by atoms with Gasteiger partial charge in [0.25, 0.3) is 0 Å². The van der Waals surface area contributed by atoms with Gasteiger partial charge in [0.05, 0.1) is 4.90 Å². The lowest BCUT2D eigenvalue weighted by Gasteiger charge is -2.10. The van der Waals surface area contributed by atoms with Gasteiger partial charge >= 0.3 is 10.1 Å². The smallest absolute Gasteiger partial charge is 0.193 e. The number of hydrogen-bond acceptors (Lipinski definition) is 4. The summed E-state index contributed by atoms with van der Waals surface area (Å²) in [4.78, 5) is 1.07. The predicted octanol–water partition coefficient (Wildman–Crippen LogP) is 7.87. The lowest BCUT2D eigenvalue weighted by Crippen LogP contribution is -2.05. The number of hydrogen-bond donors (Lipinski definition) is 0. The Hall–Kier alpha value is -1.30. The van der Waals surface area contributed by atoms with E-state index in [-0.39, 0.29) is 0 Å². The highest BCUT2D eigenvalue weighted by Gasteiger charge is 2.20. The molecule has 0 saturated heterocycles. The molecule has 0 radical (unpaired) electrons. The standard InChI is InChI=1S/C25H36O3S2/c1-3-4-5-6-7-8-9-10-11-12-15-23-16-13-14-17-25(23)30(26,27)28-29-24-20-18-22(2)19-21-24/h13-14,16-21H,3-12,15H2,1-2H3. The normalized spacial score (nSPS) is 11.7. The Morgan fingerprint density at radius 3 is 1.97 bits per heavy atom. The number of rotatable bonds is 15. The summed E-state index contributed by atoms with van der Waals surface area (Å²) in [6.07, 6.45) is 13.5. The highest BCUT2D eigenvalue weighted by molar-refractivity contribution is 8.04. The van der Waals surface area contributed by atoms with Gasteiger partial charge < -0.3 is 0 Å². The largest absolute Gasteiger partial charge is 0.308 e. The fourth-order valence-corrected chi connectivity index (χ4v) is 5.42. The second-order valence-electron chi connectivity index (χ2n) is 7.96. The number of aryl methyl sites for hydroxylation is 2. The molecule has 0 amide bonds. The number of unbranched alkanes of at least 4 members (excludes halogenated alkanes) is 9. The van der Waals surface area contributed by atoms with Gasteiger partial charge in [0.1, 0.15) is 0 Å². The molecule has 0 spiro atoms. The van der Waals surface area contributed by atoms with E-state index in [1.165, 1.54) is 51.4 Å². The topological polar surface area (TPSA) is 43.4 Å². The molecule has 30 heavy (non-hydrogen) atoms. The maximum Gasteiger partial charge on any atom is 0.308 e. The minimum absolute atomic E-state index is 0.292. The van der Waals surface area contributed by atoms with Crippen molar-refractivity contribution in [3.63, 3.8) is 0 Å². The minimum atomic E-state index is -3.80. The Morgan fingerprint density at radius 2 is 1.33 bits per heavy atom. The first-order chi connectivity index (χ1) is 14.5. The third-order valence-electron chi connectivity index (χ3n) is 5.28. The van der Waals surface area contributed by atoms with Crippen LogP contribution in [0.5, 0.6) is 0 Å². The molecule has 0 N–H and O–H groups in total. The summed E-state index contributed by atoms with van der Waals surface area (Å²) in [5.41, 5.74) is 1.98. The summed E-state index contributed by atoms with van der Waals surface area (Å²) in [5, 5.41) is 0. The monoisotopic (exact) mass is 448 g/mol. The molecule has 0 aliphatic carbocycles. The molecule has 2 aromatic carbocycles. The van der Waals surface area contributed by atoms with Gasteiger partial charge in [-0.2, -0.15) is 12.0 Å². The van der Waals surface area contributed by atoms with Crippen LogP contribution in [0.3, 0.4) is 0 Å². The van der Waals surface area contributed by atoms with Crippen LogP contribution in [-0.4, -0.2) is 8.42 Å². The third kappa shape index (κ3) is 9.23. The van der Waals surface area contributed by atoms with Crippen LogP contribution in [0.25, 0.3) is 0 Å². The Balaban J connectivity index is 1.77. The van der Waals surface area contributed by atoms with E-state index in [2.05, 4.69) is 6.92 Å². The van der Waals surface area contributed by atoms with Crippen LogP contribution in [0.4, 0.5) is 0 Å². The summed E-state index contributed by atoms with van der Waals surface area (Å²) >= 11 is 0.896. The number of benzene rings is 2. The van der Waals surface area contributed by atoms with Crippen molar-refractivity contribution in [2.45, 2.75) is 94.3 Å². The van der Waals surface area contributed by atoms with Crippen molar-refractivity contribution < 1.29 is 12.0 Å². The molecule has 2 rings (SSSR count). The molecule has 0 heterocycles. The summed E-state index contributed by atoms with van der Waals surface area (Å²) in [6, 6.07) is 14.8. The molecule has 0 saturated carbocycles. The Morgan fingerprint density at radius 1 is 0.767 bits per heavy atom. The lowest BCUT2D eigenvalue weighted by molar-refractivity contribution is 0.516. The maximum absolute atomic E-state index is 12.7. The van der Waals surface area contributed by atoms with Crippen LogP contribution < -0.4 is 0 Å². The molecule has 2 aromatic rings. The zero-order valence-corrected chi connectivity index (χ0v) is 20.1. The summed E-state index contributed by atoms with van der Waals surface area (Å²) < 4.78 is 30.7. The van der Waals surface area contributed by atoms with Gasteiger partial charge in [0.2, 0.25) is 0 Å². The van der Waals surface area contributed by atoms with Crippen molar-refractivity contribution in [1.82, 2.24) is 0 Å². The highest BCUT2D eigenvalue weighted by atomic mass is 32.3. The van der Waals surface area contributed by atoms with Crippen LogP contribution in [-0.2, 0) is 20.2 Å². The van der Waals surface area contributed by atoms with Gasteiger partial charge in [0.15, 0.2) is 0 Å². The van der Waals surface area contributed by atoms with Crippen LogP contribution in [0.1, 0.15) is 82.3 Å². The predicted molar refractivity (Wildman–Crippen MR) is 127 cm³/mol. The first-order valence-electron chi connectivity index (χ1n) is 11.3. The molecule has 0 aromatic heterocycles. The van der Waals surface area contributed by atoms with Gasteiger partial charge in [-0.25, -0.2) is 0 Å². The van der Waals surface area contributed by atoms with E-state index < -0.39 is 10.1 Å². The average molecular weight is 449 g/mol. The quantitative estimate of drug-likeness (QED) is 0.205. The average Bonchev–Trinajstić information content (AvgIpc) is 2.75. The van der Waals surface area contributed by atoms with E-state index in [0.717, 1.165) is 47.3 Å². The molecule has 0 bridgehead atoms. The first-order valence-corrected chi connectivity index (χ1v) is 13.4. The van der Waals surface area contributed by atoms with Crippen LogP contribution in [0.2, 0.25) is 0 Å². The summed E-state index contributed by atoms with van der Waals surface area (Å²) in [6.45, 7) is 4.24. The second kappa shape index (κ2) is 13.9. The molecule has 0 fully saturated rings. The molecule has 0 atom stereocenters. The third-order valence-corrected chi connectivity index (χ3v) is 7.67. The van der Waals surface area contributed by atoms with Gasteiger partial charge in [-0.1, -0.05) is 101 Å². The second-order valence-corrected chi connectivity index (χ2v) is 10.5. The summed E-state index contributed by atoms with van der Waals surface area (Å²) in [7, 11) is -3.80. The SMILES string of the molecule is CCCCCCCCCCCCc1ccccc1S(=O)(=O)OSc1ccc(C)cc1. The van der Waals surface area contributed by atoms with Crippen LogP contribution >= 0.6 is 12.0 Å². The first kappa shape index (κ1) is 25.0. The van der Waals surface area contributed by atoms with Gasteiger partial charge in [0, 0.05) is 16.9 Å². The Kier molecular flexibility index (Phi) is 11.6. The van der Waals surface area contributed by atoms with E-state index in [0.29, 0.717) is 4.90 Å².